The molecule has 0 unspecified atom stereocenters. The van der Waals surface area contributed by atoms with Gasteiger partial charge in [0.1, 0.15) is 30.7 Å². The molecule has 1 fully saturated rings. The maximum absolute atomic E-state index is 13.5. The molecular weight excluding hydrogens is 504 g/mol. The van der Waals surface area contributed by atoms with E-state index in [1.54, 1.807) is 32.9 Å². The van der Waals surface area contributed by atoms with Crippen LogP contribution in [0, 0.1) is 10.1 Å². The van der Waals surface area contributed by atoms with Crippen molar-refractivity contribution in [1.29, 1.82) is 0 Å². The summed E-state index contributed by atoms with van der Waals surface area (Å²) in [5.74, 6) is -0.428. The lowest BCUT2D eigenvalue weighted by Gasteiger charge is -2.32. The number of carbonyl (C=O) groups excluding carboxylic acids is 2. The van der Waals surface area contributed by atoms with E-state index in [1.807, 2.05) is 48.5 Å². The van der Waals surface area contributed by atoms with Gasteiger partial charge in [0.2, 0.25) is 0 Å². The number of nitro groups is 1. The molecule has 1 saturated heterocycles. The van der Waals surface area contributed by atoms with E-state index in [4.69, 9.17) is 18.9 Å². The summed E-state index contributed by atoms with van der Waals surface area (Å²) in [5, 5.41) is 12.1. The van der Waals surface area contributed by atoms with Crippen LogP contribution < -0.4 is 4.74 Å². The summed E-state index contributed by atoms with van der Waals surface area (Å²) in [7, 11) is 0. The molecule has 3 aromatic carbocycles. The molecule has 10 heteroatoms. The first-order valence-corrected chi connectivity index (χ1v) is 12.5. The number of carbonyl (C=O) groups is 2. The lowest BCUT2D eigenvalue weighted by molar-refractivity contribution is -0.386. The fourth-order valence-corrected chi connectivity index (χ4v) is 4.49. The normalized spacial score (nSPS) is 17.9. The second kappa shape index (κ2) is 12.0. The molecule has 4 rings (SSSR count). The molecule has 10 nitrogen and oxygen atoms in total. The number of hydrogen-bond acceptors (Lipinski definition) is 8. The molecule has 1 aliphatic rings. The molecule has 0 bridgehead atoms. The van der Waals surface area contributed by atoms with Gasteiger partial charge in [0, 0.05) is 6.07 Å². The molecule has 3 aromatic rings. The van der Waals surface area contributed by atoms with Gasteiger partial charge in [0.15, 0.2) is 6.10 Å². The second-order valence-corrected chi connectivity index (χ2v) is 9.34. The number of ether oxygens (including phenoxy) is 4. The molecule has 0 aromatic heterocycles. The first-order valence-electron chi connectivity index (χ1n) is 12.5. The molecule has 204 valence electrons. The maximum Gasteiger partial charge on any atom is 0.413 e. The van der Waals surface area contributed by atoms with Crippen molar-refractivity contribution in [2.75, 3.05) is 6.61 Å². The van der Waals surface area contributed by atoms with Gasteiger partial charge in [-0.15, -0.1) is 0 Å². The van der Waals surface area contributed by atoms with Crippen molar-refractivity contribution >= 4 is 17.7 Å². The predicted octanol–water partition coefficient (Wildman–Crippen LogP) is 5.55. The second-order valence-electron chi connectivity index (χ2n) is 9.34. The van der Waals surface area contributed by atoms with Gasteiger partial charge in [0.25, 0.3) is 5.69 Å². The standard InChI is InChI=1S/C29H30N2O8/c1-4-36-27(32)26-25(30(29(2,3)39-26)28(33)38-19-21-13-9-6-10-14-21)23-17-22(15-16-24(23)31(34)35)37-18-20-11-7-5-8-12-20/h5-17,25-26H,4,18-19H2,1-3H3/t25-,26+/m0/s1. The maximum atomic E-state index is 13.5. The number of esters is 1. The number of benzene rings is 3. The van der Waals surface area contributed by atoms with Crippen molar-refractivity contribution in [3.05, 3.63) is 106 Å². The number of hydrogen-bond donors (Lipinski definition) is 0. The third kappa shape index (κ3) is 6.35. The van der Waals surface area contributed by atoms with Gasteiger partial charge >= 0.3 is 12.1 Å². The Labute approximate surface area is 226 Å². The fraction of sp³-hybridized carbons (Fsp3) is 0.310. The predicted molar refractivity (Wildman–Crippen MR) is 141 cm³/mol. The lowest BCUT2D eigenvalue weighted by Crippen LogP contribution is -2.45. The average molecular weight is 535 g/mol. The van der Waals surface area contributed by atoms with E-state index >= 15 is 0 Å². The Morgan fingerprint density at radius 3 is 2.15 bits per heavy atom. The highest BCUT2D eigenvalue weighted by Gasteiger charge is 2.56. The number of rotatable bonds is 9. The summed E-state index contributed by atoms with van der Waals surface area (Å²) >= 11 is 0. The molecule has 0 radical (unpaired) electrons. The first-order chi connectivity index (χ1) is 18.7. The quantitative estimate of drug-likeness (QED) is 0.199. The van der Waals surface area contributed by atoms with Crippen LogP contribution >= 0.6 is 0 Å². The van der Waals surface area contributed by atoms with Gasteiger partial charge in [-0.3, -0.25) is 15.0 Å². The van der Waals surface area contributed by atoms with Crippen LogP contribution in [-0.2, 0) is 32.2 Å². The van der Waals surface area contributed by atoms with Gasteiger partial charge < -0.3 is 18.9 Å². The molecule has 39 heavy (non-hydrogen) atoms. The van der Waals surface area contributed by atoms with Gasteiger partial charge in [0.05, 0.1) is 17.1 Å². The van der Waals surface area contributed by atoms with Crippen molar-refractivity contribution in [3.8, 4) is 5.75 Å². The SMILES string of the molecule is CCOC(=O)[C@@H]1OC(C)(C)N(C(=O)OCc2ccccc2)[C@H]1c1cc(OCc2ccccc2)ccc1[N+](=O)[O-]. The minimum atomic E-state index is -1.36. The van der Waals surface area contributed by atoms with Crippen LogP contribution in [0.4, 0.5) is 10.5 Å². The van der Waals surface area contributed by atoms with E-state index in [2.05, 4.69) is 0 Å². The Hall–Kier alpha value is -4.44. The van der Waals surface area contributed by atoms with Crippen molar-refractivity contribution in [3.63, 3.8) is 0 Å². The van der Waals surface area contributed by atoms with Crippen LogP contribution in [0.25, 0.3) is 0 Å². The van der Waals surface area contributed by atoms with E-state index in [1.165, 1.54) is 23.1 Å². The van der Waals surface area contributed by atoms with Crippen LogP contribution in [0.3, 0.4) is 0 Å². The van der Waals surface area contributed by atoms with Gasteiger partial charge in [-0.05, 0) is 44.0 Å². The first kappa shape index (κ1) is 27.6. The Bertz CT molecular complexity index is 1310. The summed E-state index contributed by atoms with van der Waals surface area (Å²) in [4.78, 5) is 39.2. The summed E-state index contributed by atoms with van der Waals surface area (Å²) in [6.07, 6.45) is -2.14. The zero-order valence-corrected chi connectivity index (χ0v) is 21.9. The van der Waals surface area contributed by atoms with Crippen molar-refractivity contribution in [2.24, 2.45) is 0 Å². The molecule has 0 spiro atoms. The molecular formula is C29H30N2O8. The molecule has 0 aliphatic carbocycles. The molecule has 1 amide bonds. The summed E-state index contributed by atoms with van der Waals surface area (Å²) < 4.78 is 22.7. The minimum absolute atomic E-state index is 0.0363. The van der Waals surface area contributed by atoms with Crippen LogP contribution in [0.2, 0.25) is 0 Å². The van der Waals surface area contributed by atoms with E-state index in [9.17, 15) is 19.7 Å². The van der Waals surface area contributed by atoms with E-state index < -0.39 is 34.9 Å². The number of nitrogens with zero attached hydrogens (tertiary/aromatic N) is 2. The smallest absolute Gasteiger partial charge is 0.413 e. The molecule has 1 aliphatic heterocycles. The third-order valence-corrected chi connectivity index (χ3v) is 6.24. The molecule has 0 N–H and O–H groups in total. The third-order valence-electron chi connectivity index (χ3n) is 6.24. The number of amides is 1. The summed E-state index contributed by atoms with van der Waals surface area (Å²) in [5.41, 5.74) is 0.0575. The zero-order valence-electron chi connectivity index (χ0n) is 21.9. The fourth-order valence-electron chi connectivity index (χ4n) is 4.49. The molecule has 0 saturated carbocycles. The summed E-state index contributed by atoms with van der Waals surface area (Å²) in [6, 6.07) is 21.5. The Morgan fingerprint density at radius 1 is 0.949 bits per heavy atom. The zero-order chi connectivity index (χ0) is 28.0. The monoisotopic (exact) mass is 534 g/mol. The van der Waals surface area contributed by atoms with Crippen LogP contribution in [0.1, 0.15) is 43.5 Å². The Kier molecular flexibility index (Phi) is 8.46. The van der Waals surface area contributed by atoms with Crippen molar-refractivity contribution < 1.29 is 33.5 Å². The van der Waals surface area contributed by atoms with Crippen LogP contribution in [0.15, 0.2) is 78.9 Å². The topological polar surface area (TPSA) is 117 Å². The van der Waals surface area contributed by atoms with E-state index in [0.29, 0.717) is 5.75 Å². The van der Waals surface area contributed by atoms with Crippen LogP contribution in [0.5, 0.6) is 5.75 Å². The van der Waals surface area contributed by atoms with Crippen LogP contribution in [-0.4, -0.2) is 40.3 Å². The number of nitro benzene ring substituents is 1. The molecule has 2 atom stereocenters. The highest BCUT2D eigenvalue weighted by atomic mass is 16.6. The highest BCUT2D eigenvalue weighted by molar-refractivity contribution is 5.80. The Morgan fingerprint density at radius 2 is 1.56 bits per heavy atom. The molecule has 1 heterocycles. The van der Waals surface area contributed by atoms with Gasteiger partial charge in [-0.1, -0.05) is 60.7 Å². The van der Waals surface area contributed by atoms with E-state index in [0.717, 1.165) is 11.1 Å². The van der Waals surface area contributed by atoms with E-state index in [-0.39, 0.29) is 31.1 Å². The largest absolute Gasteiger partial charge is 0.489 e. The average Bonchev–Trinajstić information content (AvgIpc) is 3.22. The lowest BCUT2D eigenvalue weighted by atomic mass is 9.98. The van der Waals surface area contributed by atoms with Crippen molar-refractivity contribution in [1.82, 2.24) is 4.90 Å². The minimum Gasteiger partial charge on any atom is -0.489 e. The van der Waals surface area contributed by atoms with Gasteiger partial charge in [-0.2, -0.15) is 0 Å². The van der Waals surface area contributed by atoms with Crippen molar-refractivity contribution in [2.45, 2.75) is 51.9 Å². The Balaban J connectivity index is 1.72. The summed E-state index contributed by atoms with van der Waals surface area (Å²) in [6.45, 7) is 5.06. The highest BCUT2D eigenvalue weighted by Crippen LogP contribution is 2.46. The van der Waals surface area contributed by atoms with Gasteiger partial charge in [-0.25, -0.2) is 9.59 Å².